The Morgan fingerprint density at radius 3 is 2.00 bits per heavy atom. The SMILES string of the molecule is CCCC(O)CS.OCCCS. The first-order valence-corrected chi connectivity index (χ1v) is 5.50. The van der Waals surface area contributed by atoms with Gasteiger partial charge in [0.2, 0.25) is 0 Å². The monoisotopic (exact) mass is 212 g/mol. The largest absolute Gasteiger partial charge is 0.396 e. The van der Waals surface area contributed by atoms with Gasteiger partial charge in [0.1, 0.15) is 0 Å². The second kappa shape index (κ2) is 14.2. The van der Waals surface area contributed by atoms with Gasteiger partial charge in [0.05, 0.1) is 6.10 Å². The van der Waals surface area contributed by atoms with Crippen molar-refractivity contribution in [1.82, 2.24) is 0 Å². The predicted molar refractivity (Wildman–Crippen MR) is 60.3 cm³/mol. The highest BCUT2D eigenvalue weighted by Crippen LogP contribution is 1.96. The number of hydrogen-bond donors (Lipinski definition) is 4. The smallest absolute Gasteiger partial charge is 0.0628 e. The Balaban J connectivity index is 0. The van der Waals surface area contributed by atoms with Crippen LogP contribution in [0.3, 0.4) is 0 Å². The first-order chi connectivity index (χ1) is 5.72. The van der Waals surface area contributed by atoms with E-state index in [1.165, 1.54) is 0 Å². The summed E-state index contributed by atoms with van der Waals surface area (Å²) in [7, 11) is 0. The standard InChI is InChI=1S/C5H12OS.C3H8OS/c1-2-3-5(6)4-7;4-2-1-3-5/h5-7H,2-4H2,1H3;4-5H,1-3H2. The van der Waals surface area contributed by atoms with Crippen molar-refractivity contribution in [2.75, 3.05) is 18.1 Å². The summed E-state index contributed by atoms with van der Waals surface area (Å²) in [4.78, 5) is 0. The van der Waals surface area contributed by atoms with E-state index in [1.807, 2.05) is 6.92 Å². The maximum Gasteiger partial charge on any atom is 0.0628 e. The van der Waals surface area contributed by atoms with Crippen LogP contribution in [0.1, 0.15) is 26.2 Å². The van der Waals surface area contributed by atoms with Gasteiger partial charge in [-0.05, 0) is 18.6 Å². The Labute approximate surface area is 86.2 Å². The lowest BCUT2D eigenvalue weighted by Gasteiger charge is -2.01. The molecule has 0 bridgehead atoms. The molecule has 0 aromatic rings. The maximum absolute atomic E-state index is 8.78. The third-order valence-electron chi connectivity index (χ3n) is 1.15. The molecule has 0 radical (unpaired) electrons. The third kappa shape index (κ3) is 16.9. The molecule has 0 rings (SSSR count). The van der Waals surface area contributed by atoms with Gasteiger partial charge in [0.25, 0.3) is 0 Å². The zero-order chi connectivity index (χ0) is 9.82. The lowest BCUT2D eigenvalue weighted by Crippen LogP contribution is -2.06. The fourth-order valence-corrected chi connectivity index (χ4v) is 0.819. The molecule has 12 heavy (non-hydrogen) atoms. The van der Waals surface area contributed by atoms with Gasteiger partial charge in [-0.3, -0.25) is 0 Å². The van der Waals surface area contributed by atoms with E-state index < -0.39 is 0 Å². The van der Waals surface area contributed by atoms with Crippen LogP contribution in [0.2, 0.25) is 0 Å². The first kappa shape index (κ1) is 15.1. The van der Waals surface area contributed by atoms with Crippen molar-refractivity contribution in [3.8, 4) is 0 Å². The van der Waals surface area contributed by atoms with Gasteiger partial charge in [-0.25, -0.2) is 0 Å². The second-order valence-electron chi connectivity index (χ2n) is 2.43. The number of aliphatic hydroxyl groups excluding tert-OH is 2. The van der Waals surface area contributed by atoms with Crippen molar-refractivity contribution in [1.29, 1.82) is 0 Å². The molecular formula is C8H20O2S2. The van der Waals surface area contributed by atoms with Crippen LogP contribution in [0.25, 0.3) is 0 Å². The molecule has 0 heterocycles. The third-order valence-corrected chi connectivity index (χ3v) is 1.89. The fraction of sp³-hybridized carbons (Fsp3) is 1.00. The minimum atomic E-state index is -0.187. The summed E-state index contributed by atoms with van der Waals surface area (Å²) in [6.07, 6.45) is 2.54. The summed E-state index contributed by atoms with van der Waals surface area (Å²) >= 11 is 7.74. The van der Waals surface area contributed by atoms with Crippen molar-refractivity contribution in [2.45, 2.75) is 32.3 Å². The van der Waals surface area contributed by atoms with E-state index in [9.17, 15) is 0 Å². The zero-order valence-electron chi connectivity index (χ0n) is 7.61. The first-order valence-electron chi connectivity index (χ1n) is 4.23. The summed E-state index contributed by atoms with van der Waals surface area (Å²) in [6, 6.07) is 0. The lowest BCUT2D eigenvalue weighted by atomic mass is 10.2. The molecule has 0 aliphatic rings. The minimum Gasteiger partial charge on any atom is -0.396 e. The van der Waals surface area contributed by atoms with E-state index in [1.54, 1.807) is 0 Å². The van der Waals surface area contributed by atoms with E-state index >= 15 is 0 Å². The summed E-state index contributed by atoms with van der Waals surface area (Å²) in [6.45, 7) is 2.32. The number of rotatable bonds is 5. The molecule has 0 saturated heterocycles. The number of thiol groups is 2. The molecule has 0 aromatic heterocycles. The maximum atomic E-state index is 8.78. The molecule has 0 aliphatic heterocycles. The van der Waals surface area contributed by atoms with Crippen molar-refractivity contribution in [2.24, 2.45) is 0 Å². The Morgan fingerprint density at radius 2 is 1.92 bits per heavy atom. The van der Waals surface area contributed by atoms with Gasteiger partial charge >= 0.3 is 0 Å². The molecule has 0 fully saturated rings. The van der Waals surface area contributed by atoms with E-state index in [4.69, 9.17) is 10.2 Å². The van der Waals surface area contributed by atoms with Crippen LogP contribution < -0.4 is 0 Å². The van der Waals surface area contributed by atoms with Crippen molar-refractivity contribution in [3.05, 3.63) is 0 Å². The highest BCUT2D eigenvalue weighted by molar-refractivity contribution is 7.80. The van der Waals surface area contributed by atoms with E-state index in [-0.39, 0.29) is 12.7 Å². The van der Waals surface area contributed by atoms with Gasteiger partial charge in [0, 0.05) is 12.4 Å². The number of hydrogen-bond acceptors (Lipinski definition) is 4. The Bertz CT molecular complexity index is 70.1. The molecule has 1 atom stereocenters. The molecule has 2 N–H and O–H groups in total. The molecule has 2 nitrogen and oxygen atoms in total. The lowest BCUT2D eigenvalue weighted by molar-refractivity contribution is 0.188. The zero-order valence-corrected chi connectivity index (χ0v) is 9.40. The van der Waals surface area contributed by atoms with Crippen LogP contribution in [0.15, 0.2) is 0 Å². The van der Waals surface area contributed by atoms with Crippen LogP contribution in [-0.4, -0.2) is 34.4 Å². The normalized spacial score (nSPS) is 11.8. The average Bonchev–Trinajstić information content (AvgIpc) is 2.07. The number of aliphatic hydroxyl groups is 2. The molecule has 1 unspecified atom stereocenters. The highest BCUT2D eigenvalue weighted by atomic mass is 32.1. The topological polar surface area (TPSA) is 40.5 Å². The van der Waals surface area contributed by atoms with Gasteiger partial charge in [-0.1, -0.05) is 13.3 Å². The molecule has 0 aromatic carbocycles. The molecule has 0 amide bonds. The van der Waals surface area contributed by atoms with Crippen LogP contribution in [0, 0.1) is 0 Å². The quantitative estimate of drug-likeness (QED) is 0.520. The summed E-state index contributed by atoms with van der Waals surface area (Å²) < 4.78 is 0. The van der Waals surface area contributed by atoms with Gasteiger partial charge < -0.3 is 10.2 Å². The van der Waals surface area contributed by atoms with Crippen molar-refractivity contribution < 1.29 is 10.2 Å². The summed E-state index contributed by atoms with van der Waals surface area (Å²) in [5, 5.41) is 16.8. The molecule has 0 saturated carbocycles. The minimum absolute atomic E-state index is 0.187. The molecular weight excluding hydrogens is 192 g/mol. The molecule has 0 spiro atoms. The van der Waals surface area contributed by atoms with Crippen LogP contribution in [0.4, 0.5) is 0 Å². The van der Waals surface area contributed by atoms with Crippen LogP contribution >= 0.6 is 25.3 Å². The molecule has 76 valence electrons. The van der Waals surface area contributed by atoms with E-state index in [2.05, 4.69) is 25.3 Å². The van der Waals surface area contributed by atoms with Crippen molar-refractivity contribution in [3.63, 3.8) is 0 Å². The fourth-order valence-electron chi connectivity index (χ4n) is 0.495. The second-order valence-corrected chi connectivity index (χ2v) is 3.24. The van der Waals surface area contributed by atoms with E-state index in [0.29, 0.717) is 5.75 Å². The Hall–Kier alpha value is 0.620. The molecule has 4 heteroatoms. The molecule has 0 aliphatic carbocycles. The van der Waals surface area contributed by atoms with Crippen LogP contribution in [0.5, 0.6) is 0 Å². The summed E-state index contributed by atoms with van der Waals surface area (Å²) in [5.41, 5.74) is 0. The van der Waals surface area contributed by atoms with Crippen LogP contribution in [-0.2, 0) is 0 Å². The van der Waals surface area contributed by atoms with E-state index in [0.717, 1.165) is 25.0 Å². The average molecular weight is 212 g/mol. The predicted octanol–water partition coefficient (Wildman–Crippen LogP) is 1.38. The van der Waals surface area contributed by atoms with Gasteiger partial charge in [0.15, 0.2) is 0 Å². The van der Waals surface area contributed by atoms with Crippen molar-refractivity contribution >= 4 is 25.3 Å². The summed E-state index contributed by atoms with van der Waals surface area (Å²) in [5.74, 6) is 1.38. The Morgan fingerprint density at radius 1 is 1.33 bits per heavy atom. The van der Waals surface area contributed by atoms with Gasteiger partial charge in [-0.2, -0.15) is 25.3 Å². The highest BCUT2D eigenvalue weighted by Gasteiger charge is 1.95. The van der Waals surface area contributed by atoms with Gasteiger partial charge in [-0.15, -0.1) is 0 Å². The Kier molecular flexibility index (Phi) is 17.8.